The van der Waals surface area contributed by atoms with E-state index in [0.717, 1.165) is 30.8 Å². The summed E-state index contributed by atoms with van der Waals surface area (Å²) in [5.41, 5.74) is 0.956. The molecule has 2 rings (SSSR count). The molecular weight excluding hydrogens is 244 g/mol. The minimum Gasteiger partial charge on any atom is -0.496 e. The van der Waals surface area contributed by atoms with Gasteiger partial charge in [-0.3, -0.25) is 0 Å². The first-order chi connectivity index (χ1) is 9.29. The number of carbonyl (C=O) groups is 1. The van der Waals surface area contributed by atoms with Crippen LogP contribution in [0.2, 0.25) is 0 Å². The fraction of sp³-hybridized carbons (Fsp3) is 0.500. The van der Waals surface area contributed by atoms with Crippen molar-refractivity contribution in [3.63, 3.8) is 0 Å². The number of hydrogen-bond donors (Lipinski definition) is 2. The first-order valence-corrected chi connectivity index (χ1v) is 6.55. The van der Waals surface area contributed by atoms with Crippen molar-refractivity contribution in [1.29, 1.82) is 0 Å². The molecule has 5 heteroatoms. The molecule has 0 radical (unpaired) electrons. The highest BCUT2D eigenvalue weighted by molar-refractivity contribution is 5.73. The van der Waals surface area contributed by atoms with Gasteiger partial charge >= 0.3 is 6.03 Å². The Hall–Kier alpha value is -1.75. The monoisotopic (exact) mass is 264 g/mol. The molecule has 5 nitrogen and oxygen atoms in total. The Labute approximate surface area is 113 Å². The Balaban J connectivity index is 1.73. The van der Waals surface area contributed by atoms with E-state index in [9.17, 15) is 4.79 Å². The van der Waals surface area contributed by atoms with Crippen LogP contribution in [0.4, 0.5) is 4.79 Å². The van der Waals surface area contributed by atoms with E-state index in [2.05, 4.69) is 10.6 Å². The van der Waals surface area contributed by atoms with Crippen LogP contribution in [0.15, 0.2) is 24.3 Å². The van der Waals surface area contributed by atoms with E-state index >= 15 is 0 Å². The zero-order valence-corrected chi connectivity index (χ0v) is 11.1. The lowest BCUT2D eigenvalue weighted by Gasteiger charge is -2.13. The van der Waals surface area contributed by atoms with Crippen molar-refractivity contribution in [2.75, 3.05) is 20.3 Å². The number of carbonyl (C=O) groups excluding carboxylic acids is 1. The van der Waals surface area contributed by atoms with Crippen LogP contribution in [-0.4, -0.2) is 32.4 Å². The van der Waals surface area contributed by atoms with Gasteiger partial charge in [0, 0.05) is 25.3 Å². The van der Waals surface area contributed by atoms with Crippen molar-refractivity contribution >= 4 is 6.03 Å². The zero-order valence-electron chi connectivity index (χ0n) is 11.1. The first kappa shape index (κ1) is 13.7. The van der Waals surface area contributed by atoms with Crippen LogP contribution in [0.25, 0.3) is 0 Å². The first-order valence-electron chi connectivity index (χ1n) is 6.55. The normalized spacial score (nSPS) is 18.1. The van der Waals surface area contributed by atoms with E-state index in [1.807, 2.05) is 24.3 Å². The number of rotatable bonds is 5. The van der Waals surface area contributed by atoms with E-state index in [0.29, 0.717) is 13.1 Å². The summed E-state index contributed by atoms with van der Waals surface area (Å²) < 4.78 is 10.7. The van der Waals surface area contributed by atoms with Crippen molar-refractivity contribution in [2.45, 2.75) is 25.5 Å². The number of benzene rings is 1. The molecule has 0 aliphatic carbocycles. The molecule has 1 saturated heterocycles. The minimum absolute atomic E-state index is 0.164. The van der Waals surface area contributed by atoms with Gasteiger partial charge in [-0.15, -0.1) is 0 Å². The van der Waals surface area contributed by atoms with Crippen LogP contribution in [0.5, 0.6) is 5.75 Å². The predicted octanol–water partition coefficient (Wildman–Crippen LogP) is 1.67. The van der Waals surface area contributed by atoms with Gasteiger partial charge in [0.25, 0.3) is 0 Å². The molecule has 2 amide bonds. The maximum atomic E-state index is 11.7. The van der Waals surface area contributed by atoms with Crippen LogP contribution in [-0.2, 0) is 11.3 Å². The smallest absolute Gasteiger partial charge is 0.315 e. The van der Waals surface area contributed by atoms with E-state index in [1.165, 1.54) is 0 Å². The summed E-state index contributed by atoms with van der Waals surface area (Å²) >= 11 is 0. The van der Waals surface area contributed by atoms with Crippen LogP contribution in [0, 0.1) is 0 Å². The zero-order chi connectivity index (χ0) is 13.5. The Kier molecular flexibility index (Phi) is 5.03. The quantitative estimate of drug-likeness (QED) is 0.850. The fourth-order valence-corrected chi connectivity index (χ4v) is 2.10. The molecule has 2 N–H and O–H groups in total. The van der Waals surface area contributed by atoms with Gasteiger partial charge < -0.3 is 20.1 Å². The molecule has 1 unspecified atom stereocenters. The number of nitrogens with one attached hydrogen (secondary N) is 2. The Morgan fingerprint density at radius 3 is 3.00 bits per heavy atom. The largest absolute Gasteiger partial charge is 0.496 e. The van der Waals surface area contributed by atoms with Gasteiger partial charge in [-0.1, -0.05) is 18.2 Å². The maximum Gasteiger partial charge on any atom is 0.315 e. The third-order valence-electron chi connectivity index (χ3n) is 3.15. The number of ether oxygens (including phenoxy) is 2. The SMILES string of the molecule is COc1ccccc1CNC(=O)NCC1CCCO1. The van der Waals surface area contributed by atoms with E-state index in [1.54, 1.807) is 7.11 Å². The fourth-order valence-electron chi connectivity index (χ4n) is 2.10. The molecule has 1 atom stereocenters. The molecule has 19 heavy (non-hydrogen) atoms. The number of para-hydroxylation sites is 1. The number of amides is 2. The lowest BCUT2D eigenvalue weighted by molar-refractivity contribution is 0.111. The highest BCUT2D eigenvalue weighted by Crippen LogP contribution is 2.16. The molecule has 1 aromatic rings. The third-order valence-corrected chi connectivity index (χ3v) is 3.15. The van der Waals surface area contributed by atoms with Gasteiger partial charge in [-0.2, -0.15) is 0 Å². The highest BCUT2D eigenvalue weighted by Gasteiger charge is 2.15. The summed E-state index contributed by atoms with van der Waals surface area (Å²) in [6.45, 7) is 1.81. The lowest BCUT2D eigenvalue weighted by atomic mass is 10.2. The van der Waals surface area contributed by atoms with Crippen molar-refractivity contribution in [3.8, 4) is 5.75 Å². The van der Waals surface area contributed by atoms with Gasteiger partial charge in [-0.25, -0.2) is 4.79 Å². The summed E-state index contributed by atoms with van der Waals surface area (Å²) in [5, 5.41) is 5.63. The predicted molar refractivity (Wildman–Crippen MR) is 72.2 cm³/mol. The average Bonchev–Trinajstić information content (AvgIpc) is 2.96. The molecule has 1 heterocycles. The average molecular weight is 264 g/mol. The standard InChI is InChI=1S/C14H20N2O3/c1-18-13-7-3-2-5-11(13)9-15-14(17)16-10-12-6-4-8-19-12/h2-3,5,7,12H,4,6,8-10H2,1H3,(H2,15,16,17). The number of hydrogen-bond acceptors (Lipinski definition) is 3. The molecule has 0 aromatic heterocycles. The van der Waals surface area contributed by atoms with E-state index in [4.69, 9.17) is 9.47 Å². The van der Waals surface area contributed by atoms with Crippen molar-refractivity contribution in [1.82, 2.24) is 10.6 Å². The Bertz CT molecular complexity index is 417. The minimum atomic E-state index is -0.179. The van der Waals surface area contributed by atoms with Crippen LogP contribution in [0.3, 0.4) is 0 Å². The Morgan fingerprint density at radius 2 is 2.26 bits per heavy atom. The second-order valence-corrected chi connectivity index (χ2v) is 4.51. The summed E-state index contributed by atoms with van der Waals surface area (Å²) in [6, 6.07) is 7.45. The number of methoxy groups -OCH3 is 1. The molecule has 0 bridgehead atoms. The molecule has 0 spiro atoms. The van der Waals surface area contributed by atoms with Crippen molar-refractivity contribution in [2.24, 2.45) is 0 Å². The summed E-state index contributed by atoms with van der Waals surface area (Å²) in [4.78, 5) is 11.7. The van der Waals surface area contributed by atoms with Crippen LogP contribution in [0.1, 0.15) is 18.4 Å². The topological polar surface area (TPSA) is 59.6 Å². The maximum absolute atomic E-state index is 11.7. The molecule has 1 aliphatic rings. The van der Waals surface area contributed by atoms with Gasteiger partial charge in [0.2, 0.25) is 0 Å². The van der Waals surface area contributed by atoms with Gasteiger partial charge in [-0.05, 0) is 18.9 Å². The van der Waals surface area contributed by atoms with Gasteiger partial charge in [0.1, 0.15) is 5.75 Å². The van der Waals surface area contributed by atoms with Crippen molar-refractivity contribution in [3.05, 3.63) is 29.8 Å². The molecule has 1 fully saturated rings. The molecular formula is C14H20N2O3. The summed E-state index contributed by atoms with van der Waals surface area (Å²) in [7, 11) is 1.62. The van der Waals surface area contributed by atoms with Crippen LogP contribution < -0.4 is 15.4 Å². The number of urea groups is 1. The second kappa shape index (κ2) is 6.99. The Morgan fingerprint density at radius 1 is 1.42 bits per heavy atom. The van der Waals surface area contributed by atoms with Crippen LogP contribution >= 0.6 is 0 Å². The molecule has 1 aromatic carbocycles. The van der Waals surface area contributed by atoms with Gasteiger partial charge in [0.05, 0.1) is 13.2 Å². The summed E-state index contributed by atoms with van der Waals surface area (Å²) in [5.74, 6) is 0.780. The summed E-state index contributed by atoms with van der Waals surface area (Å²) in [6.07, 6.45) is 2.26. The second-order valence-electron chi connectivity index (χ2n) is 4.51. The highest BCUT2D eigenvalue weighted by atomic mass is 16.5. The van der Waals surface area contributed by atoms with E-state index < -0.39 is 0 Å². The molecule has 104 valence electrons. The third kappa shape index (κ3) is 4.13. The molecule has 0 saturated carbocycles. The lowest BCUT2D eigenvalue weighted by Crippen LogP contribution is -2.39. The van der Waals surface area contributed by atoms with E-state index in [-0.39, 0.29) is 12.1 Å². The van der Waals surface area contributed by atoms with Gasteiger partial charge in [0.15, 0.2) is 0 Å². The molecule has 1 aliphatic heterocycles. The van der Waals surface area contributed by atoms with Crippen molar-refractivity contribution < 1.29 is 14.3 Å².